The molecule has 0 bridgehead atoms. The lowest BCUT2D eigenvalue weighted by atomic mass is 10.0. The first kappa shape index (κ1) is 18.2. The predicted molar refractivity (Wildman–Crippen MR) is 102 cm³/mol. The highest BCUT2D eigenvalue weighted by Gasteiger charge is 2.26. The van der Waals surface area contributed by atoms with Gasteiger partial charge in [-0.05, 0) is 31.0 Å². The van der Waals surface area contributed by atoms with E-state index in [0.29, 0.717) is 23.7 Å². The molecule has 3 aromatic rings. The van der Waals surface area contributed by atoms with Gasteiger partial charge in [0.1, 0.15) is 0 Å². The highest BCUT2D eigenvalue weighted by molar-refractivity contribution is 6.30. The van der Waals surface area contributed by atoms with Crippen LogP contribution in [0.4, 0.5) is 0 Å². The number of hydrogen-bond acceptors (Lipinski definition) is 4. The first-order chi connectivity index (χ1) is 13.5. The number of piperidine rings is 1. The second-order valence-electron chi connectivity index (χ2n) is 6.69. The van der Waals surface area contributed by atoms with Crippen molar-refractivity contribution in [3.05, 3.63) is 65.2 Å². The Morgan fingerprint density at radius 1 is 1.07 bits per heavy atom. The molecule has 1 fully saturated rings. The van der Waals surface area contributed by atoms with E-state index in [-0.39, 0.29) is 17.5 Å². The second-order valence-corrected chi connectivity index (χ2v) is 7.13. The van der Waals surface area contributed by atoms with Gasteiger partial charge in [0, 0.05) is 30.5 Å². The van der Waals surface area contributed by atoms with E-state index in [9.17, 15) is 9.59 Å². The van der Waals surface area contributed by atoms with Crippen LogP contribution in [0.1, 0.15) is 39.6 Å². The fourth-order valence-electron chi connectivity index (χ4n) is 3.36. The SMILES string of the molecule is O=C(O)c1cnn(C2CCN(C(=O)c3cnn(-c4cccc(Cl)c4)c3)CC2)c1. The lowest BCUT2D eigenvalue weighted by Crippen LogP contribution is -2.39. The van der Waals surface area contributed by atoms with Crippen molar-refractivity contribution in [2.75, 3.05) is 13.1 Å². The van der Waals surface area contributed by atoms with Gasteiger partial charge >= 0.3 is 5.97 Å². The van der Waals surface area contributed by atoms with Crippen LogP contribution in [0.3, 0.4) is 0 Å². The Kier molecular flexibility index (Phi) is 4.87. The zero-order valence-corrected chi connectivity index (χ0v) is 15.7. The number of carboxylic acid groups (broad SMARTS) is 1. The number of aromatic nitrogens is 4. The van der Waals surface area contributed by atoms with Gasteiger partial charge in [-0.25, -0.2) is 9.48 Å². The van der Waals surface area contributed by atoms with Gasteiger partial charge in [-0.15, -0.1) is 0 Å². The average molecular weight is 400 g/mol. The summed E-state index contributed by atoms with van der Waals surface area (Å²) in [6.45, 7) is 1.15. The molecule has 1 aliphatic heterocycles. The molecule has 1 saturated heterocycles. The van der Waals surface area contributed by atoms with Gasteiger partial charge in [0.25, 0.3) is 5.91 Å². The van der Waals surface area contributed by atoms with E-state index < -0.39 is 5.97 Å². The van der Waals surface area contributed by atoms with Crippen molar-refractivity contribution in [1.82, 2.24) is 24.5 Å². The maximum absolute atomic E-state index is 12.8. The second kappa shape index (κ2) is 7.47. The molecule has 1 aliphatic rings. The molecular weight excluding hydrogens is 382 g/mol. The number of likely N-dealkylation sites (tertiary alicyclic amines) is 1. The molecule has 3 heterocycles. The Morgan fingerprint density at radius 2 is 1.82 bits per heavy atom. The highest BCUT2D eigenvalue weighted by atomic mass is 35.5. The Labute approximate surface area is 165 Å². The standard InChI is InChI=1S/C19H18ClN5O3/c20-15-2-1-3-17(8-15)25-11-13(9-21-25)18(26)23-6-4-16(5-7-23)24-12-14(10-22-24)19(27)28/h1-3,8-12,16H,4-7H2,(H,27,28). The maximum Gasteiger partial charge on any atom is 0.338 e. The zero-order valence-electron chi connectivity index (χ0n) is 14.9. The van der Waals surface area contributed by atoms with Crippen molar-refractivity contribution in [2.24, 2.45) is 0 Å². The summed E-state index contributed by atoms with van der Waals surface area (Å²) < 4.78 is 3.31. The lowest BCUT2D eigenvalue weighted by molar-refractivity contribution is 0.0688. The Hall–Kier alpha value is -3.13. The summed E-state index contributed by atoms with van der Waals surface area (Å²) in [5.74, 6) is -1.06. The summed E-state index contributed by atoms with van der Waals surface area (Å²) in [6, 6.07) is 7.35. The summed E-state index contributed by atoms with van der Waals surface area (Å²) in [5, 5.41) is 18.0. The monoisotopic (exact) mass is 399 g/mol. The van der Waals surface area contributed by atoms with Crippen LogP contribution in [-0.4, -0.2) is 54.5 Å². The highest BCUT2D eigenvalue weighted by Crippen LogP contribution is 2.24. The van der Waals surface area contributed by atoms with E-state index >= 15 is 0 Å². The number of carboxylic acids is 1. The van der Waals surface area contributed by atoms with Gasteiger partial charge in [-0.2, -0.15) is 10.2 Å². The van der Waals surface area contributed by atoms with Gasteiger partial charge in [0.2, 0.25) is 0 Å². The number of aromatic carboxylic acids is 1. The zero-order chi connectivity index (χ0) is 19.7. The number of rotatable bonds is 4. The normalized spacial score (nSPS) is 15.0. The van der Waals surface area contributed by atoms with E-state index in [2.05, 4.69) is 10.2 Å². The first-order valence-corrected chi connectivity index (χ1v) is 9.26. The van der Waals surface area contributed by atoms with Crippen LogP contribution in [-0.2, 0) is 0 Å². The molecule has 1 N–H and O–H groups in total. The summed E-state index contributed by atoms with van der Waals surface area (Å²) in [7, 11) is 0. The van der Waals surface area contributed by atoms with E-state index in [0.717, 1.165) is 18.5 Å². The summed E-state index contributed by atoms with van der Waals surface area (Å²) >= 11 is 6.01. The molecule has 9 heteroatoms. The summed E-state index contributed by atoms with van der Waals surface area (Å²) in [4.78, 5) is 25.6. The third kappa shape index (κ3) is 3.63. The number of amides is 1. The molecule has 1 aromatic carbocycles. The van der Waals surface area contributed by atoms with Gasteiger partial charge in [0.05, 0.1) is 35.2 Å². The quantitative estimate of drug-likeness (QED) is 0.728. The number of nitrogens with zero attached hydrogens (tertiary/aromatic N) is 5. The van der Waals surface area contributed by atoms with E-state index in [1.165, 1.54) is 6.20 Å². The van der Waals surface area contributed by atoms with Crippen molar-refractivity contribution in [3.8, 4) is 5.69 Å². The van der Waals surface area contributed by atoms with Crippen LogP contribution in [0, 0.1) is 0 Å². The van der Waals surface area contributed by atoms with Crippen LogP contribution < -0.4 is 0 Å². The molecule has 144 valence electrons. The molecule has 1 amide bonds. The third-order valence-corrected chi connectivity index (χ3v) is 5.11. The van der Waals surface area contributed by atoms with Gasteiger partial charge in [-0.1, -0.05) is 17.7 Å². The predicted octanol–water partition coefficient (Wildman–Crippen LogP) is 2.90. The molecule has 0 atom stereocenters. The minimum Gasteiger partial charge on any atom is -0.478 e. The Morgan fingerprint density at radius 3 is 2.50 bits per heavy atom. The molecule has 8 nitrogen and oxygen atoms in total. The number of benzene rings is 1. The van der Waals surface area contributed by atoms with Crippen molar-refractivity contribution in [3.63, 3.8) is 0 Å². The topological polar surface area (TPSA) is 93.2 Å². The van der Waals surface area contributed by atoms with Crippen molar-refractivity contribution < 1.29 is 14.7 Å². The molecular formula is C19H18ClN5O3. The van der Waals surface area contributed by atoms with Crippen molar-refractivity contribution in [2.45, 2.75) is 18.9 Å². The number of halogens is 1. The van der Waals surface area contributed by atoms with Crippen molar-refractivity contribution >= 4 is 23.5 Å². The van der Waals surface area contributed by atoms with Crippen LogP contribution in [0.25, 0.3) is 5.69 Å². The van der Waals surface area contributed by atoms with Gasteiger partial charge < -0.3 is 10.0 Å². The van der Waals surface area contributed by atoms with E-state index in [1.54, 1.807) is 45.0 Å². The molecule has 4 rings (SSSR count). The van der Waals surface area contributed by atoms with E-state index in [4.69, 9.17) is 16.7 Å². The van der Waals surface area contributed by atoms with Crippen LogP contribution in [0.2, 0.25) is 5.02 Å². The average Bonchev–Trinajstić information content (AvgIpc) is 3.38. The molecule has 0 radical (unpaired) electrons. The molecule has 0 spiro atoms. The summed E-state index contributed by atoms with van der Waals surface area (Å²) in [6.07, 6.45) is 7.59. The van der Waals surface area contributed by atoms with Gasteiger partial charge in [0.15, 0.2) is 0 Å². The van der Waals surface area contributed by atoms with Crippen LogP contribution >= 0.6 is 11.6 Å². The minimum absolute atomic E-state index is 0.0709. The fourth-order valence-corrected chi connectivity index (χ4v) is 3.54. The largest absolute Gasteiger partial charge is 0.478 e. The molecule has 0 saturated carbocycles. The molecule has 0 aliphatic carbocycles. The number of carbonyl (C=O) groups excluding carboxylic acids is 1. The van der Waals surface area contributed by atoms with E-state index in [1.807, 2.05) is 12.1 Å². The lowest BCUT2D eigenvalue weighted by Gasteiger charge is -2.31. The van der Waals surface area contributed by atoms with Crippen LogP contribution in [0.15, 0.2) is 49.1 Å². The maximum atomic E-state index is 12.8. The molecule has 0 unspecified atom stereocenters. The summed E-state index contributed by atoms with van der Waals surface area (Å²) in [5.41, 5.74) is 1.48. The molecule has 2 aromatic heterocycles. The Balaban J connectivity index is 1.41. The minimum atomic E-state index is -0.990. The van der Waals surface area contributed by atoms with Crippen molar-refractivity contribution in [1.29, 1.82) is 0 Å². The fraction of sp³-hybridized carbons (Fsp3) is 0.263. The number of carbonyl (C=O) groups is 2. The first-order valence-electron chi connectivity index (χ1n) is 8.88. The molecule has 28 heavy (non-hydrogen) atoms. The Bertz CT molecular complexity index is 1020. The van der Waals surface area contributed by atoms with Gasteiger partial charge in [-0.3, -0.25) is 9.48 Å². The third-order valence-electron chi connectivity index (χ3n) is 4.88. The number of hydrogen-bond donors (Lipinski definition) is 1. The smallest absolute Gasteiger partial charge is 0.338 e. The van der Waals surface area contributed by atoms with Crippen LogP contribution in [0.5, 0.6) is 0 Å².